The number of para-hydroxylation sites is 1. The van der Waals surface area contributed by atoms with Gasteiger partial charge in [0, 0.05) is 37.6 Å². The highest BCUT2D eigenvalue weighted by Crippen LogP contribution is 2.48. The predicted octanol–water partition coefficient (Wildman–Crippen LogP) is 16.7. The molecule has 3 heteroatoms. The highest BCUT2D eigenvalue weighted by atomic mass is 32.1. The summed E-state index contributed by atoms with van der Waals surface area (Å²) in [5.41, 5.74) is 12.4. The number of thiophene rings is 1. The number of hydrogen-bond acceptors (Lipinski definition) is 3. The second kappa shape index (κ2) is 13.6. The number of anilines is 3. The molecule has 0 aliphatic heterocycles. The summed E-state index contributed by atoms with van der Waals surface area (Å²) in [6, 6.07) is 76.9. The topological polar surface area (TPSA) is 16.4 Å². The molecule has 2 aromatic heterocycles. The average Bonchev–Trinajstić information content (AvgIpc) is 3.89. The molecule has 0 radical (unpaired) electrons. The van der Waals surface area contributed by atoms with E-state index in [9.17, 15) is 0 Å². The van der Waals surface area contributed by atoms with Gasteiger partial charge >= 0.3 is 0 Å². The van der Waals surface area contributed by atoms with Gasteiger partial charge in [-0.25, -0.2) is 0 Å². The van der Waals surface area contributed by atoms with Gasteiger partial charge in [0.15, 0.2) is 0 Å². The van der Waals surface area contributed by atoms with E-state index in [2.05, 4.69) is 205 Å². The minimum Gasteiger partial charge on any atom is -0.456 e. The van der Waals surface area contributed by atoms with Gasteiger partial charge in [-0.1, -0.05) is 164 Å². The van der Waals surface area contributed by atoms with Crippen molar-refractivity contribution in [3.63, 3.8) is 0 Å². The predicted molar refractivity (Wildman–Crippen MR) is 253 cm³/mol. The lowest BCUT2D eigenvalue weighted by Gasteiger charge is -2.26. The summed E-state index contributed by atoms with van der Waals surface area (Å²) >= 11 is 1.88. The lowest BCUT2D eigenvalue weighted by Crippen LogP contribution is -2.10. The third-order valence-corrected chi connectivity index (χ3v) is 13.2. The van der Waals surface area contributed by atoms with Crippen LogP contribution in [0.5, 0.6) is 0 Å². The quantitative estimate of drug-likeness (QED) is 0.157. The van der Waals surface area contributed by atoms with Crippen LogP contribution in [0.4, 0.5) is 17.1 Å². The number of rotatable bonds is 6. The van der Waals surface area contributed by atoms with Gasteiger partial charge in [-0.2, -0.15) is 0 Å². The summed E-state index contributed by atoms with van der Waals surface area (Å²) in [7, 11) is 0. The van der Waals surface area contributed by atoms with Gasteiger partial charge in [0.2, 0.25) is 0 Å². The fourth-order valence-corrected chi connectivity index (χ4v) is 10.4. The average molecular weight is 770 g/mol. The van der Waals surface area contributed by atoms with E-state index in [1.807, 2.05) is 23.5 Å². The van der Waals surface area contributed by atoms with Gasteiger partial charge in [-0.15, -0.1) is 11.3 Å². The lowest BCUT2D eigenvalue weighted by atomic mass is 9.97. The first-order valence-electron chi connectivity index (χ1n) is 20.1. The summed E-state index contributed by atoms with van der Waals surface area (Å²) in [6.45, 7) is 0. The van der Waals surface area contributed by atoms with Gasteiger partial charge in [-0.05, 0) is 103 Å². The van der Waals surface area contributed by atoms with E-state index in [1.165, 1.54) is 64.0 Å². The van der Waals surface area contributed by atoms with Crippen LogP contribution in [0.25, 0.3) is 97.0 Å². The zero-order chi connectivity index (χ0) is 38.9. The number of furan rings is 1. The molecule has 0 spiro atoms. The van der Waals surface area contributed by atoms with Crippen LogP contribution >= 0.6 is 11.3 Å². The zero-order valence-electron chi connectivity index (χ0n) is 32.0. The van der Waals surface area contributed by atoms with Crippen molar-refractivity contribution in [1.82, 2.24) is 0 Å². The van der Waals surface area contributed by atoms with Crippen molar-refractivity contribution < 1.29 is 4.42 Å². The van der Waals surface area contributed by atoms with Crippen LogP contribution in [-0.2, 0) is 0 Å². The van der Waals surface area contributed by atoms with Crippen molar-refractivity contribution in [2.75, 3.05) is 4.90 Å². The van der Waals surface area contributed by atoms with Crippen LogP contribution in [0, 0.1) is 0 Å². The van der Waals surface area contributed by atoms with Crippen molar-refractivity contribution >= 4 is 92.1 Å². The molecule has 0 aliphatic rings. The summed E-state index contributed by atoms with van der Waals surface area (Å²) in [4.78, 5) is 2.43. The standard InChI is InChI=1S/C56H35NOS/c1-2-11-37(12-3-1)46-17-8-18-47-48-19-9-20-51(56(48)59-55(46)47)57(43-33-29-39(30-34-43)45-16-10-22-53-54(45)49-15-6-7-21-52(49)58-53)42-31-27-36(28-32-42)41-26-25-40-24-23-38-13-4-5-14-44(38)50(40)35-41/h1-35H. The highest BCUT2D eigenvalue weighted by molar-refractivity contribution is 7.27. The zero-order valence-corrected chi connectivity index (χ0v) is 32.8. The Balaban J connectivity index is 1.01. The van der Waals surface area contributed by atoms with Crippen LogP contribution in [0.2, 0.25) is 0 Å². The molecule has 0 fully saturated rings. The fourth-order valence-electron chi connectivity index (χ4n) is 9.04. The van der Waals surface area contributed by atoms with Gasteiger partial charge < -0.3 is 9.32 Å². The van der Waals surface area contributed by atoms with E-state index < -0.39 is 0 Å². The maximum absolute atomic E-state index is 6.27. The van der Waals surface area contributed by atoms with Gasteiger partial charge in [-0.3, -0.25) is 0 Å². The molecule has 0 unspecified atom stereocenters. The first-order valence-corrected chi connectivity index (χ1v) is 20.9. The minimum atomic E-state index is 0.903. The van der Waals surface area contributed by atoms with Crippen molar-refractivity contribution in [2.24, 2.45) is 0 Å². The molecule has 0 atom stereocenters. The first kappa shape index (κ1) is 33.7. The number of benzene rings is 10. The molecule has 12 rings (SSSR count). The van der Waals surface area contributed by atoms with Crippen LogP contribution in [0.15, 0.2) is 217 Å². The molecular formula is C56H35NOS. The maximum Gasteiger partial charge on any atom is 0.136 e. The Morgan fingerprint density at radius 3 is 1.71 bits per heavy atom. The van der Waals surface area contributed by atoms with Crippen LogP contribution in [0.3, 0.4) is 0 Å². The summed E-state index contributed by atoms with van der Waals surface area (Å²) in [5, 5.41) is 9.89. The van der Waals surface area contributed by atoms with E-state index in [0.717, 1.165) is 50.1 Å². The number of hydrogen-bond donors (Lipinski definition) is 0. The molecule has 0 N–H and O–H groups in total. The molecule has 2 heterocycles. The van der Waals surface area contributed by atoms with E-state index >= 15 is 0 Å². The SMILES string of the molecule is c1ccc(-c2cccc3c2sc2c(N(c4ccc(-c5ccc6ccc7ccccc7c6c5)cc4)c4ccc(-c5cccc6oc7ccccc7c56)cc4)cccc23)cc1. The largest absolute Gasteiger partial charge is 0.456 e. The number of nitrogens with zero attached hydrogens (tertiary/aromatic N) is 1. The van der Waals surface area contributed by atoms with E-state index in [0.29, 0.717) is 0 Å². The molecule has 2 nitrogen and oxygen atoms in total. The fraction of sp³-hybridized carbons (Fsp3) is 0. The molecule has 0 saturated carbocycles. The van der Waals surface area contributed by atoms with E-state index in [-0.39, 0.29) is 0 Å². The maximum atomic E-state index is 6.27. The molecular weight excluding hydrogens is 735 g/mol. The Kier molecular flexibility index (Phi) is 7.75. The molecule has 12 aromatic rings. The first-order chi connectivity index (χ1) is 29.2. The third-order valence-electron chi connectivity index (χ3n) is 11.9. The minimum absolute atomic E-state index is 0.903. The Labute approximate surface area is 345 Å². The molecule has 59 heavy (non-hydrogen) atoms. The highest BCUT2D eigenvalue weighted by Gasteiger charge is 2.20. The Morgan fingerprint density at radius 1 is 0.339 bits per heavy atom. The van der Waals surface area contributed by atoms with Gasteiger partial charge in [0.1, 0.15) is 11.2 Å². The second-order valence-corrected chi connectivity index (χ2v) is 16.3. The van der Waals surface area contributed by atoms with Crippen molar-refractivity contribution in [3.05, 3.63) is 212 Å². The van der Waals surface area contributed by atoms with E-state index in [4.69, 9.17) is 4.42 Å². The smallest absolute Gasteiger partial charge is 0.136 e. The van der Waals surface area contributed by atoms with Gasteiger partial charge in [0.05, 0.1) is 10.4 Å². The Bertz CT molecular complexity index is 3540. The normalized spacial score (nSPS) is 11.7. The third kappa shape index (κ3) is 5.55. The van der Waals surface area contributed by atoms with Crippen LogP contribution in [0.1, 0.15) is 0 Å². The molecule has 10 aromatic carbocycles. The van der Waals surface area contributed by atoms with Crippen LogP contribution in [-0.4, -0.2) is 0 Å². The summed E-state index contributed by atoms with van der Waals surface area (Å²) < 4.78 is 8.83. The van der Waals surface area contributed by atoms with Crippen molar-refractivity contribution in [2.45, 2.75) is 0 Å². The molecule has 0 bridgehead atoms. The summed E-state index contributed by atoms with van der Waals surface area (Å²) in [5.74, 6) is 0. The molecule has 0 amide bonds. The molecule has 0 saturated heterocycles. The van der Waals surface area contributed by atoms with Crippen LogP contribution < -0.4 is 4.90 Å². The van der Waals surface area contributed by atoms with E-state index in [1.54, 1.807) is 0 Å². The Hall–Kier alpha value is -7.46. The monoisotopic (exact) mass is 769 g/mol. The van der Waals surface area contributed by atoms with Crippen molar-refractivity contribution in [1.29, 1.82) is 0 Å². The molecule has 276 valence electrons. The number of fused-ring (bicyclic) bond motifs is 9. The second-order valence-electron chi connectivity index (χ2n) is 15.2. The van der Waals surface area contributed by atoms with Crippen molar-refractivity contribution in [3.8, 4) is 33.4 Å². The molecule has 0 aliphatic carbocycles. The van der Waals surface area contributed by atoms with Gasteiger partial charge in [0.25, 0.3) is 0 Å². The summed E-state index contributed by atoms with van der Waals surface area (Å²) in [6.07, 6.45) is 0. The Morgan fingerprint density at radius 2 is 0.898 bits per heavy atom. The lowest BCUT2D eigenvalue weighted by molar-refractivity contribution is 0.669.